The van der Waals surface area contributed by atoms with Crippen molar-refractivity contribution in [3.8, 4) is 11.1 Å². The summed E-state index contributed by atoms with van der Waals surface area (Å²) in [7, 11) is 2.09. The molecule has 8 nitrogen and oxygen atoms in total. The zero-order chi connectivity index (χ0) is 35.8. The van der Waals surface area contributed by atoms with Gasteiger partial charge in [-0.3, -0.25) is 9.08 Å². The van der Waals surface area contributed by atoms with Gasteiger partial charge in [-0.05, 0) is 43.5 Å². The van der Waals surface area contributed by atoms with Crippen LogP contribution < -0.4 is 44.3 Å². The maximum Gasteiger partial charge on any atom is 1.00 e. The van der Waals surface area contributed by atoms with Crippen LogP contribution in [-0.4, -0.2) is 63.8 Å². The fraction of sp³-hybridized carbons (Fsp3) is 0.500. The van der Waals surface area contributed by atoms with Crippen molar-refractivity contribution in [2.24, 2.45) is 0 Å². The number of aromatic nitrogens is 4. The molecule has 0 amide bonds. The summed E-state index contributed by atoms with van der Waals surface area (Å²) < 4.78 is 20.5. The van der Waals surface area contributed by atoms with Crippen molar-refractivity contribution in [2.45, 2.75) is 93.2 Å². The van der Waals surface area contributed by atoms with Crippen molar-refractivity contribution in [1.82, 2.24) is 24.1 Å². The van der Waals surface area contributed by atoms with Crippen LogP contribution in [0.5, 0.6) is 0 Å². The van der Waals surface area contributed by atoms with E-state index in [1.54, 1.807) is 6.07 Å². The fourth-order valence-corrected chi connectivity index (χ4v) is 6.93. The van der Waals surface area contributed by atoms with Crippen LogP contribution in [0.4, 0.5) is 27.4 Å². The summed E-state index contributed by atoms with van der Waals surface area (Å²) in [6.07, 6.45) is 9.22. The second-order valence-corrected chi connectivity index (χ2v) is 12.4. The third-order valence-corrected chi connectivity index (χ3v) is 9.66. The van der Waals surface area contributed by atoms with E-state index in [9.17, 15) is 0 Å². The van der Waals surface area contributed by atoms with E-state index in [1.807, 2.05) is 67.6 Å². The number of halogens is 1. The van der Waals surface area contributed by atoms with Gasteiger partial charge in [0.05, 0.1) is 23.6 Å². The van der Waals surface area contributed by atoms with Crippen LogP contribution in [0.1, 0.15) is 91.4 Å². The first-order chi connectivity index (χ1) is 23.8. The van der Waals surface area contributed by atoms with Gasteiger partial charge in [-0.25, -0.2) is 9.37 Å². The average Bonchev–Trinajstić information content (AvgIpc) is 3.72. The van der Waals surface area contributed by atoms with Crippen LogP contribution in [0, 0.1) is 19.7 Å². The maximum absolute atomic E-state index is 16.2. The minimum Gasteiger partial charge on any atom is -0.416 e. The first kappa shape index (κ1) is 41.4. The van der Waals surface area contributed by atoms with Gasteiger partial charge < -0.3 is 33.4 Å². The summed E-state index contributed by atoms with van der Waals surface area (Å²) in [6.45, 7) is 31.3. The van der Waals surface area contributed by atoms with E-state index in [2.05, 4.69) is 72.6 Å². The molecule has 50 heavy (non-hydrogen) atoms. The molecule has 0 spiro atoms. The largest absolute Gasteiger partial charge is 1.00 e. The van der Waals surface area contributed by atoms with E-state index < -0.39 is 0 Å². The Morgan fingerprint density at radius 1 is 1.04 bits per heavy atom. The zero-order valence-electron chi connectivity index (χ0n) is 32.4. The minimum absolute atomic E-state index is 0. The predicted octanol–water partition coefficient (Wildman–Crippen LogP) is 6.49. The molecular formula is C40H59FN8Na-. The number of pyridine rings is 1. The molecule has 0 bridgehead atoms. The molecule has 2 aliphatic rings. The molecule has 0 N–H and O–H groups in total. The second kappa shape index (κ2) is 19.0. The molecule has 1 aromatic carbocycles. The van der Waals surface area contributed by atoms with Gasteiger partial charge in [0.2, 0.25) is 0 Å². The van der Waals surface area contributed by atoms with E-state index in [-0.39, 0.29) is 35.4 Å². The van der Waals surface area contributed by atoms with Crippen molar-refractivity contribution in [2.75, 3.05) is 54.5 Å². The van der Waals surface area contributed by atoms with Gasteiger partial charge in [-0.15, -0.1) is 13.1 Å². The Bertz CT molecular complexity index is 1690. The van der Waals surface area contributed by atoms with Gasteiger partial charge in [0, 0.05) is 74.4 Å². The first-order valence-electron chi connectivity index (χ1n) is 18.4. The van der Waals surface area contributed by atoms with E-state index in [0.717, 1.165) is 85.4 Å². The third-order valence-electron chi connectivity index (χ3n) is 9.66. The van der Waals surface area contributed by atoms with Crippen molar-refractivity contribution in [3.63, 3.8) is 0 Å². The molecule has 5 heterocycles. The monoisotopic (exact) mass is 693 g/mol. The molecular weight excluding hydrogens is 634 g/mol. The second-order valence-electron chi connectivity index (χ2n) is 12.4. The molecule has 1 unspecified atom stereocenters. The molecule has 0 radical (unpaired) electrons. The molecule has 0 saturated heterocycles. The topological polar surface area (TPSA) is 48.1 Å². The summed E-state index contributed by atoms with van der Waals surface area (Å²) in [5.74, 6) is 1.63. The Labute approximate surface area is 323 Å². The molecule has 4 aromatic rings. The molecule has 10 heteroatoms. The van der Waals surface area contributed by atoms with Gasteiger partial charge in [-0.2, -0.15) is 5.10 Å². The first-order valence-corrected chi connectivity index (χ1v) is 18.4. The molecule has 0 aliphatic carbocycles. The molecule has 0 fully saturated rings. The van der Waals surface area contributed by atoms with E-state index in [4.69, 9.17) is 5.10 Å². The number of fused-ring (bicyclic) bond motifs is 3. The number of likely N-dealkylation sites (N-methyl/N-ethyl adjacent to an activating group) is 1. The number of allylic oxidation sites excluding steroid dienone is 1. The number of unbranched alkanes of at least 4 members (excludes halogenated alkanes) is 1. The smallest absolute Gasteiger partial charge is 0.416 e. The van der Waals surface area contributed by atoms with Crippen LogP contribution in [0.25, 0.3) is 16.8 Å². The SMILES string of the molecule is C=C(C)N1CCc2c(c(N3CCN(C)c4cc(-c5ccn6c(N(C[CH2-])C[CH2-])cnc6c5)c(F)cc43)nn2C(CC)CCCC)C1.CC.CC.[Na+]. The van der Waals surface area contributed by atoms with E-state index in [0.29, 0.717) is 24.7 Å². The normalized spacial score (nSPS) is 14.1. The van der Waals surface area contributed by atoms with Crippen molar-refractivity contribution in [3.05, 3.63) is 79.9 Å². The molecule has 0 saturated carbocycles. The summed E-state index contributed by atoms with van der Waals surface area (Å²) in [4.78, 5) is 13.5. The van der Waals surface area contributed by atoms with Crippen LogP contribution in [0.3, 0.4) is 0 Å². The van der Waals surface area contributed by atoms with Gasteiger partial charge >= 0.3 is 29.6 Å². The molecule has 268 valence electrons. The summed E-state index contributed by atoms with van der Waals surface area (Å²) in [5.41, 5.74) is 7.61. The Morgan fingerprint density at radius 2 is 1.76 bits per heavy atom. The summed E-state index contributed by atoms with van der Waals surface area (Å²) in [5, 5.41) is 5.35. The fourth-order valence-electron chi connectivity index (χ4n) is 6.93. The van der Waals surface area contributed by atoms with Gasteiger partial charge in [0.15, 0.2) is 5.82 Å². The average molecular weight is 694 g/mol. The number of anilines is 4. The molecule has 2 aliphatic heterocycles. The molecule has 1 atom stereocenters. The Morgan fingerprint density at radius 3 is 2.40 bits per heavy atom. The van der Waals surface area contributed by atoms with Gasteiger partial charge in [-0.1, -0.05) is 61.0 Å². The maximum atomic E-state index is 16.2. The Balaban J connectivity index is 0.00000131. The minimum atomic E-state index is -0.256. The molecule has 3 aromatic heterocycles. The Hall–Kier alpha value is -3.01. The van der Waals surface area contributed by atoms with E-state index >= 15 is 4.39 Å². The number of nitrogens with zero attached hydrogens (tertiary/aromatic N) is 8. The number of hydrogen-bond donors (Lipinski definition) is 0. The number of benzene rings is 1. The van der Waals surface area contributed by atoms with Crippen LogP contribution in [0.2, 0.25) is 0 Å². The standard InChI is InChI=1S/C36H47FN8.2C2H6.Na/c1-8-12-13-27(9-2)45-31-15-16-42(25(5)6)24-29(31)36(39-45)43-19-18-40(7)32-21-28(30(37)22-33(32)43)26-14-17-44-34(20-26)38-23-35(44)41(10-3)11-4;2*1-2;/h14,17,20-23,27H,3-5,8-13,15-16,18-19,24H2,1-2,6-7H3;2*1-2H3;/q-2;;;+1. The zero-order valence-corrected chi connectivity index (χ0v) is 34.4. The van der Waals surface area contributed by atoms with Gasteiger partial charge in [0.1, 0.15) is 17.3 Å². The molecule has 6 rings (SSSR count). The van der Waals surface area contributed by atoms with Crippen LogP contribution in [-0.2, 0) is 13.0 Å². The number of hydrogen-bond acceptors (Lipinski definition) is 6. The van der Waals surface area contributed by atoms with Crippen molar-refractivity contribution in [1.29, 1.82) is 0 Å². The predicted molar refractivity (Wildman–Crippen MR) is 206 cm³/mol. The van der Waals surface area contributed by atoms with Crippen molar-refractivity contribution < 1.29 is 33.9 Å². The van der Waals surface area contributed by atoms with E-state index in [1.165, 1.54) is 24.1 Å². The van der Waals surface area contributed by atoms with Crippen LogP contribution in [0.15, 0.2) is 48.9 Å². The third kappa shape index (κ3) is 8.21. The number of imidazole rings is 1. The van der Waals surface area contributed by atoms with Crippen molar-refractivity contribution >= 4 is 28.7 Å². The summed E-state index contributed by atoms with van der Waals surface area (Å²) in [6, 6.07) is 7.96. The Kier molecular flexibility index (Phi) is 15.7. The van der Waals surface area contributed by atoms with Gasteiger partial charge in [0.25, 0.3) is 0 Å². The summed E-state index contributed by atoms with van der Waals surface area (Å²) >= 11 is 0. The quantitative estimate of drug-likeness (QED) is 0.132. The number of rotatable bonds is 11. The van der Waals surface area contributed by atoms with Crippen LogP contribution >= 0.6 is 0 Å².